The van der Waals surface area contributed by atoms with E-state index in [1.165, 1.54) is 22.6 Å². The van der Waals surface area contributed by atoms with Crippen molar-refractivity contribution in [3.05, 3.63) is 45.7 Å². The van der Waals surface area contributed by atoms with Gasteiger partial charge in [0, 0.05) is 25.3 Å². The van der Waals surface area contributed by atoms with E-state index in [-0.39, 0.29) is 51.9 Å². The van der Waals surface area contributed by atoms with E-state index in [1.54, 1.807) is 6.07 Å². The maximum atomic E-state index is 12.7. The fraction of sp³-hybridized carbons (Fsp3) is 0.389. The summed E-state index contributed by atoms with van der Waals surface area (Å²) in [6, 6.07) is 4.40. The first-order valence-electron chi connectivity index (χ1n) is 9.41. The number of anilines is 1. The van der Waals surface area contributed by atoms with Gasteiger partial charge in [0.2, 0.25) is 10.0 Å². The Labute approximate surface area is 189 Å². The van der Waals surface area contributed by atoms with Gasteiger partial charge in [-0.2, -0.15) is 5.10 Å². The zero-order valence-corrected chi connectivity index (χ0v) is 18.6. The van der Waals surface area contributed by atoms with Gasteiger partial charge in [-0.05, 0) is 25.0 Å². The third-order valence-corrected chi connectivity index (χ3v) is 7.31. The minimum absolute atomic E-state index is 0.0214. The van der Waals surface area contributed by atoms with Gasteiger partial charge in [0.1, 0.15) is 0 Å². The molecule has 2 heterocycles. The second kappa shape index (κ2) is 9.96. The number of aliphatic hydroxyl groups excluding tert-OH is 1. The fourth-order valence-electron chi connectivity index (χ4n) is 3.23. The molecule has 1 fully saturated rings. The quantitative estimate of drug-likeness (QED) is 0.463. The molecule has 0 spiro atoms. The summed E-state index contributed by atoms with van der Waals surface area (Å²) in [6.07, 6.45) is 2.19. The highest BCUT2D eigenvalue weighted by Crippen LogP contribution is 2.26. The number of piperidine rings is 1. The molecule has 0 atom stereocenters. The van der Waals surface area contributed by atoms with Crippen LogP contribution < -0.4 is 10.6 Å². The van der Waals surface area contributed by atoms with Crippen LogP contribution in [0.2, 0.25) is 10.0 Å². The highest BCUT2D eigenvalue weighted by atomic mass is 35.5. The summed E-state index contributed by atoms with van der Waals surface area (Å²) in [7, 11) is -3.50. The van der Waals surface area contributed by atoms with Crippen molar-refractivity contribution in [2.45, 2.75) is 18.9 Å². The number of nitrogens with zero attached hydrogens (tertiary/aromatic N) is 2. The summed E-state index contributed by atoms with van der Waals surface area (Å²) in [4.78, 5) is 25.2. The summed E-state index contributed by atoms with van der Waals surface area (Å²) in [6.45, 7) is 0.0386. The highest BCUT2D eigenvalue weighted by Gasteiger charge is 2.29. The number of sulfonamides is 1. The van der Waals surface area contributed by atoms with Crippen molar-refractivity contribution in [2.24, 2.45) is 0 Å². The highest BCUT2D eigenvalue weighted by molar-refractivity contribution is 7.89. The number of hydrogen-bond acceptors (Lipinski definition) is 6. The Bertz CT molecular complexity index is 1050. The molecule has 1 aliphatic heterocycles. The first-order chi connectivity index (χ1) is 14.7. The molecule has 0 radical (unpaired) electrons. The zero-order chi connectivity index (χ0) is 22.6. The minimum Gasteiger partial charge on any atom is -0.395 e. The summed E-state index contributed by atoms with van der Waals surface area (Å²) >= 11 is 12.1. The lowest BCUT2D eigenvalue weighted by Gasteiger charge is -2.31. The molecule has 0 saturated carbocycles. The maximum Gasteiger partial charge on any atom is 0.274 e. The van der Waals surface area contributed by atoms with E-state index in [0.717, 1.165) is 0 Å². The van der Waals surface area contributed by atoms with Crippen LogP contribution in [0.5, 0.6) is 0 Å². The van der Waals surface area contributed by atoms with E-state index in [1.807, 2.05) is 0 Å². The number of amides is 2. The molecule has 2 amide bonds. The number of benzene rings is 1. The number of aromatic nitrogens is 2. The first kappa shape index (κ1) is 23.5. The molecule has 0 bridgehead atoms. The second-order valence-electron chi connectivity index (χ2n) is 6.88. The molecule has 4 N–H and O–H groups in total. The summed E-state index contributed by atoms with van der Waals surface area (Å²) in [5.74, 6) is -1.43. The molecule has 10 nitrogen and oxygen atoms in total. The molecule has 0 unspecified atom stereocenters. The van der Waals surface area contributed by atoms with Gasteiger partial charge in [0.05, 0.1) is 33.7 Å². The third kappa shape index (κ3) is 5.55. The molecule has 0 aliphatic carbocycles. The van der Waals surface area contributed by atoms with Crippen molar-refractivity contribution < 1.29 is 23.1 Å². The average molecular weight is 490 g/mol. The zero-order valence-electron chi connectivity index (χ0n) is 16.3. The number of carbonyl (C=O) groups excluding carboxylic acids is 2. The molecule has 1 aliphatic rings. The van der Waals surface area contributed by atoms with Gasteiger partial charge in [-0.3, -0.25) is 14.7 Å². The maximum absolute atomic E-state index is 12.7. The summed E-state index contributed by atoms with van der Waals surface area (Å²) < 4.78 is 25.3. The van der Waals surface area contributed by atoms with Crippen molar-refractivity contribution >= 4 is 50.7 Å². The Morgan fingerprint density at radius 3 is 2.45 bits per heavy atom. The number of aliphatic hydroxyl groups is 1. The average Bonchev–Trinajstić information content (AvgIpc) is 3.16. The smallest absolute Gasteiger partial charge is 0.274 e. The van der Waals surface area contributed by atoms with Crippen LogP contribution in [0.25, 0.3) is 0 Å². The topological polar surface area (TPSA) is 144 Å². The predicted molar refractivity (Wildman–Crippen MR) is 116 cm³/mol. The van der Waals surface area contributed by atoms with Crippen molar-refractivity contribution in [1.82, 2.24) is 19.8 Å². The van der Waals surface area contributed by atoms with Crippen LogP contribution in [-0.4, -0.2) is 71.3 Å². The van der Waals surface area contributed by atoms with E-state index >= 15 is 0 Å². The monoisotopic (exact) mass is 489 g/mol. The Hall–Kier alpha value is -2.18. The van der Waals surface area contributed by atoms with Crippen LogP contribution in [0, 0.1) is 0 Å². The molecular weight excluding hydrogens is 469 g/mol. The van der Waals surface area contributed by atoms with Crippen LogP contribution in [0.4, 0.5) is 5.69 Å². The summed E-state index contributed by atoms with van der Waals surface area (Å²) in [5, 5.41) is 21.0. The molecule has 1 aromatic heterocycles. The fourth-order valence-corrected chi connectivity index (χ4v) is 5.06. The van der Waals surface area contributed by atoms with Gasteiger partial charge in [-0.1, -0.05) is 29.3 Å². The Morgan fingerprint density at radius 1 is 1.19 bits per heavy atom. The predicted octanol–water partition coefficient (Wildman–Crippen LogP) is 1.49. The van der Waals surface area contributed by atoms with Crippen molar-refractivity contribution in [3.63, 3.8) is 0 Å². The van der Waals surface area contributed by atoms with Crippen LogP contribution in [0.3, 0.4) is 0 Å². The lowest BCUT2D eigenvalue weighted by Crippen LogP contribution is -2.47. The number of aromatic amines is 1. The minimum atomic E-state index is -3.50. The van der Waals surface area contributed by atoms with Gasteiger partial charge in [0.15, 0.2) is 5.69 Å². The normalized spacial score (nSPS) is 15.6. The van der Waals surface area contributed by atoms with Gasteiger partial charge in [0.25, 0.3) is 11.8 Å². The first-order valence-corrected chi connectivity index (χ1v) is 11.8. The number of hydrogen-bond donors (Lipinski definition) is 4. The molecule has 3 rings (SSSR count). The molecule has 2 aromatic rings. The van der Waals surface area contributed by atoms with E-state index in [2.05, 4.69) is 20.8 Å². The van der Waals surface area contributed by atoms with Crippen LogP contribution in [0.15, 0.2) is 24.4 Å². The van der Waals surface area contributed by atoms with E-state index in [0.29, 0.717) is 12.8 Å². The van der Waals surface area contributed by atoms with E-state index in [4.69, 9.17) is 28.3 Å². The van der Waals surface area contributed by atoms with Crippen LogP contribution in [-0.2, 0) is 10.0 Å². The number of nitrogens with one attached hydrogen (secondary N) is 3. The van der Waals surface area contributed by atoms with Gasteiger partial charge < -0.3 is 15.7 Å². The Balaban J connectivity index is 1.62. The lowest BCUT2D eigenvalue weighted by atomic mass is 10.1. The third-order valence-electron chi connectivity index (χ3n) is 4.83. The lowest BCUT2D eigenvalue weighted by molar-refractivity contribution is 0.0919. The van der Waals surface area contributed by atoms with Crippen LogP contribution >= 0.6 is 23.2 Å². The van der Waals surface area contributed by atoms with Crippen molar-refractivity contribution in [2.75, 3.05) is 30.8 Å². The standard InChI is InChI=1S/C18H21Cl2N5O5S/c19-12-2-1-3-13(20)15(12)17(27)23-14-10-21-24-16(14)18(28)22-11-4-6-25(7-5-11)31(29,30)9-8-26/h1-3,10-11,26H,4-9H2,(H,21,24)(H,22,28)(H,23,27). The Morgan fingerprint density at radius 2 is 1.84 bits per heavy atom. The van der Waals surface area contributed by atoms with Crippen LogP contribution in [0.1, 0.15) is 33.7 Å². The molecule has 13 heteroatoms. The van der Waals surface area contributed by atoms with Crippen molar-refractivity contribution in [3.8, 4) is 0 Å². The largest absolute Gasteiger partial charge is 0.395 e. The second-order valence-corrected chi connectivity index (χ2v) is 9.79. The molecule has 1 aromatic carbocycles. The Kier molecular flexibility index (Phi) is 7.55. The van der Waals surface area contributed by atoms with E-state index in [9.17, 15) is 18.0 Å². The van der Waals surface area contributed by atoms with Crippen molar-refractivity contribution in [1.29, 1.82) is 0 Å². The number of halogens is 2. The number of H-pyrrole nitrogens is 1. The number of rotatable bonds is 7. The molecule has 31 heavy (non-hydrogen) atoms. The summed E-state index contributed by atoms with van der Waals surface area (Å²) in [5.41, 5.74) is 0.211. The molecule has 1 saturated heterocycles. The molecular formula is C18H21Cl2N5O5S. The van der Waals surface area contributed by atoms with E-state index < -0.39 is 28.4 Å². The van der Waals surface area contributed by atoms with Gasteiger partial charge in [-0.15, -0.1) is 0 Å². The number of carbonyl (C=O) groups is 2. The molecule has 168 valence electrons. The van der Waals surface area contributed by atoms with Gasteiger partial charge in [-0.25, -0.2) is 12.7 Å². The van der Waals surface area contributed by atoms with Gasteiger partial charge >= 0.3 is 0 Å². The SMILES string of the molecule is O=C(NC1CCN(S(=O)(=O)CCO)CC1)c1n[nH]cc1NC(=O)c1c(Cl)cccc1Cl.